The Morgan fingerprint density at radius 2 is 2.12 bits per heavy atom. The number of methoxy groups -OCH3 is 1. The molecule has 0 aliphatic carbocycles. The van der Waals surface area contributed by atoms with Crippen LogP contribution in [0.2, 0.25) is 0 Å². The third-order valence-corrected chi connectivity index (χ3v) is 2.75. The lowest BCUT2D eigenvalue weighted by Gasteiger charge is -2.10. The molecule has 17 heavy (non-hydrogen) atoms. The standard InChI is InChI=1S/C11H12BrNO4/c1-6(11(15)16)13-10(14)7-3-4-9(17-2)8(12)5-7/h3-6H,1-2H3,(H,13,14)(H,15,16). The highest BCUT2D eigenvalue weighted by Gasteiger charge is 2.15. The van der Waals surface area contributed by atoms with Crippen molar-refractivity contribution >= 4 is 27.8 Å². The van der Waals surface area contributed by atoms with Gasteiger partial charge < -0.3 is 15.2 Å². The second-order valence-electron chi connectivity index (χ2n) is 3.38. The zero-order valence-corrected chi connectivity index (χ0v) is 10.9. The monoisotopic (exact) mass is 301 g/mol. The number of aliphatic carboxylic acids is 1. The third-order valence-electron chi connectivity index (χ3n) is 2.13. The van der Waals surface area contributed by atoms with E-state index in [1.807, 2.05) is 0 Å². The van der Waals surface area contributed by atoms with Gasteiger partial charge in [-0.2, -0.15) is 0 Å². The molecule has 0 saturated heterocycles. The number of hydrogen-bond acceptors (Lipinski definition) is 3. The Hall–Kier alpha value is -1.56. The molecular formula is C11H12BrNO4. The first kappa shape index (κ1) is 13.5. The number of ether oxygens (including phenoxy) is 1. The van der Waals surface area contributed by atoms with Gasteiger partial charge in [0, 0.05) is 5.56 Å². The minimum absolute atomic E-state index is 0.366. The second-order valence-corrected chi connectivity index (χ2v) is 4.24. The van der Waals surface area contributed by atoms with Gasteiger partial charge in [-0.25, -0.2) is 0 Å². The predicted molar refractivity (Wildman–Crippen MR) is 65.3 cm³/mol. The van der Waals surface area contributed by atoms with Gasteiger partial charge in [0.05, 0.1) is 11.6 Å². The smallest absolute Gasteiger partial charge is 0.325 e. The van der Waals surface area contributed by atoms with Crippen LogP contribution in [0, 0.1) is 0 Å². The molecule has 0 bridgehead atoms. The number of rotatable bonds is 4. The van der Waals surface area contributed by atoms with Crippen LogP contribution < -0.4 is 10.1 Å². The highest BCUT2D eigenvalue weighted by molar-refractivity contribution is 9.10. The lowest BCUT2D eigenvalue weighted by atomic mass is 10.2. The second kappa shape index (κ2) is 5.67. The molecule has 1 rings (SSSR count). The van der Waals surface area contributed by atoms with Gasteiger partial charge in [-0.05, 0) is 41.1 Å². The van der Waals surface area contributed by atoms with Crippen molar-refractivity contribution in [1.82, 2.24) is 5.32 Å². The van der Waals surface area contributed by atoms with E-state index in [1.165, 1.54) is 14.0 Å². The average molecular weight is 302 g/mol. The van der Waals surface area contributed by atoms with Gasteiger partial charge >= 0.3 is 5.97 Å². The molecule has 0 spiro atoms. The molecule has 0 heterocycles. The van der Waals surface area contributed by atoms with Crippen LogP contribution >= 0.6 is 15.9 Å². The highest BCUT2D eigenvalue weighted by Crippen LogP contribution is 2.25. The van der Waals surface area contributed by atoms with Crippen LogP contribution in [0.5, 0.6) is 5.75 Å². The summed E-state index contributed by atoms with van der Waals surface area (Å²) >= 11 is 3.25. The number of nitrogens with one attached hydrogen (secondary N) is 1. The Morgan fingerprint density at radius 1 is 1.47 bits per heavy atom. The minimum Gasteiger partial charge on any atom is -0.496 e. The van der Waals surface area contributed by atoms with E-state index in [2.05, 4.69) is 21.2 Å². The highest BCUT2D eigenvalue weighted by atomic mass is 79.9. The van der Waals surface area contributed by atoms with Crippen LogP contribution in [0.1, 0.15) is 17.3 Å². The van der Waals surface area contributed by atoms with E-state index >= 15 is 0 Å². The molecular weight excluding hydrogens is 290 g/mol. The van der Waals surface area contributed by atoms with Gasteiger partial charge in [-0.1, -0.05) is 0 Å². The topological polar surface area (TPSA) is 75.6 Å². The number of carboxylic acid groups (broad SMARTS) is 1. The van der Waals surface area contributed by atoms with Crippen molar-refractivity contribution < 1.29 is 19.4 Å². The molecule has 0 aliphatic rings. The first-order chi connectivity index (χ1) is 7.95. The van der Waals surface area contributed by atoms with E-state index in [0.717, 1.165) is 0 Å². The lowest BCUT2D eigenvalue weighted by molar-refractivity contribution is -0.138. The minimum atomic E-state index is -1.08. The quantitative estimate of drug-likeness (QED) is 0.887. The number of carbonyl (C=O) groups excluding carboxylic acids is 1. The van der Waals surface area contributed by atoms with Crippen molar-refractivity contribution in [3.8, 4) is 5.75 Å². The van der Waals surface area contributed by atoms with Crippen molar-refractivity contribution in [3.05, 3.63) is 28.2 Å². The molecule has 0 aromatic heterocycles. The van der Waals surface area contributed by atoms with Crippen molar-refractivity contribution in [3.63, 3.8) is 0 Å². The van der Waals surface area contributed by atoms with E-state index in [-0.39, 0.29) is 0 Å². The number of hydrogen-bond donors (Lipinski definition) is 2. The van der Waals surface area contributed by atoms with Crippen molar-refractivity contribution in [2.45, 2.75) is 13.0 Å². The maximum absolute atomic E-state index is 11.7. The van der Waals surface area contributed by atoms with Crippen LogP contribution in [-0.2, 0) is 4.79 Å². The van der Waals surface area contributed by atoms with Gasteiger partial charge in [0.1, 0.15) is 11.8 Å². The predicted octanol–water partition coefficient (Wildman–Crippen LogP) is 1.66. The number of amides is 1. The zero-order valence-electron chi connectivity index (χ0n) is 9.36. The van der Waals surface area contributed by atoms with Gasteiger partial charge in [0.15, 0.2) is 0 Å². The van der Waals surface area contributed by atoms with E-state index < -0.39 is 17.9 Å². The van der Waals surface area contributed by atoms with Gasteiger partial charge in [-0.15, -0.1) is 0 Å². The molecule has 1 atom stereocenters. The van der Waals surface area contributed by atoms with Crippen LogP contribution in [-0.4, -0.2) is 30.1 Å². The van der Waals surface area contributed by atoms with Crippen LogP contribution in [0.25, 0.3) is 0 Å². The van der Waals surface area contributed by atoms with Crippen molar-refractivity contribution in [1.29, 1.82) is 0 Å². The maximum Gasteiger partial charge on any atom is 0.325 e. The normalized spacial score (nSPS) is 11.7. The summed E-state index contributed by atoms with van der Waals surface area (Å²) < 4.78 is 5.66. The Morgan fingerprint density at radius 3 is 2.59 bits per heavy atom. The Balaban J connectivity index is 2.83. The summed E-state index contributed by atoms with van der Waals surface area (Å²) in [6.45, 7) is 1.40. The number of halogens is 1. The molecule has 1 amide bonds. The van der Waals surface area contributed by atoms with Crippen molar-refractivity contribution in [2.24, 2.45) is 0 Å². The van der Waals surface area contributed by atoms with Gasteiger partial charge in [-0.3, -0.25) is 9.59 Å². The summed E-state index contributed by atoms with van der Waals surface area (Å²) in [5.41, 5.74) is 0.366. The maximum atomic E-state index is 11.7. The summed E-state index contributed by atoms with van der Waals surface area (Å²) in [6.07, 6.45) is 0. The Kier molecular flexibility index (Phi) is 4.51. The van der Waals surface area contributed by atoms with E-state index in [9.17, 15) is 9.59 Å². The summed E-state index contributed by atoms with van der Waals surface area (Å²) in [4.78, 5) is 22.3. The Labute approximate surface area is 107 Å². The fourth-order valence-electron chi connectivity index (χ4n) is 1.15. The lowest BCUT2D eigenvalue weighted by Crippen LogP contribution is -2.38. The molecule has 92 valence electrons. The first-order valence-electron chi connectivity index (χ1n) is 4.83. The molecule has 1 aromatic rings. The molecule has 0 radical (unpaired) electrons. The molecule has 5 nitrogen and oxygen atoms in total. The fourth-order valence-corrected chi connectivity index (χ4v) is 1.69. The summed E-state index contributed by atoms with van der Waals surface area (Å²) in [6, 6.07) is 3.84. The van der Waals surface area contributed by atoms with Crippen LogP contribution in [0.3, 0.4) is 0 Å². The van der Waals surface area contributed by atoms with Crippen LogP contribution in [0.4, 0.5) is 0 Å². The third kappa shape index (κ3) is 3.45. The summed E-state index contributed by atoms with van der Waals surface area (Å²) in [7, 11) is 1.52. The molecule has 1 unspecified atom stereocenters. The van der Waals surface area contributed by atoms with Gasteiger partial charge in [0.2, 0.25) is 0 Å². The molecule has 1 aromatic carbocycles. The SMILES string of the molecule is COc1ccc(C(=O)NC(C)C(=O)O)cc1Br. The van der Waals surface area contributed by atoms with E-state index in [1.54, 1.807) is 18.2 Å². The molecule has 0 saturated carbocycles. The number of carboxylic acids is 1. The summed E-state index contributed by atoms with van der Waals surface area (Å²) in [5.74, 6) is -0.915. The number of carbonyl (C=O) groups is 2. The van der Waals surface area contributed by atoms with Gasteiger partial charge in [0.25, 0.3) is 5.91 Å². The van der Waals surface area contributed by atoms with Crippen molar-refractivity contribution in [2.75, 3.05) is 7.11 Å². The molecule has 0 fully saturated rings. The summed E-state index contributed by atoms with van der Waals surface area (Å²) in [5, 5.41) is 11.0. The molecule has 2 N–H and O–H groups in total. The van der Waals surface area contributed by atoms with Crippen LogP contribution in [0.15, 0.2) is 22.7 Å². The van der Waals surface area contributed by atoms with E-state index in [4.69, 9.17) is 9.84 Å². The molecule has 6 heteroatoms. The Bertz CT molecular complexity index is 447. The number of benzene rings is 1. The molecule has 0 aliphatic heterocycles. The first-order valence-corrected chi connectivity index (χ1v) is 5.62. The average Bonchev–Trinajstić information content (AvgIpc) is 2.28. The fraction of sp³-hybridized carbons (Fsp3) is 0.273. The van der Waals surface area contributed by atoms with E-state index in [0.29, 0.717) is 15.8 Å². The largest absolute Gasteiger partial charge is 0.496 e. The zero-order chi connectivity index (χ0) is 13.0.